The molecule has 0 bridgehead atoms. The van der Waals surface area contributed by atoms with Crippen LogP contribution in [0.4, 0.5) is 0 Å². The summed E-state index contributed by atoms with van der Waals surface area (Å²) in [5.41, 5.74) is 6.25. The predicted octanol–water partition coefficient (Wildman–Crippen LogP) is 3.81. The third-order valence-corrected chi connectivity index (χ3v) is 3.96. The second-order valence-electron chi connectivity index (χ2n) is 6.99. The van der Waals surface area contributed by atoms with Crippen LogP contribution in [-0.2, 0) is 6.54 Å². The van der Waals surface area contributed by atoms with Crippen LogP contribution < -0.4 is 5.73 Å². The van der Waals surface area contributed by atoms with E-state index in [1.807, 2.05) is 13.0 Å². The van der Waals surface area contributed by atoms with Gasteiger partial charge in [-0.2, -0.15) is 0 Å². The van der Waals surface area contributed by atoms with Gasteiger partial charge < -0.3 is 10.2 Å². The summed E-state index contributed by atoms with van der Waals surface area (Å²) in [5.74, 6) is 3.27. The summed E-state index contributed by atoms with van der Waals surface area (Å²) in [4.78, 5) is 2.39. The Labute approximate surface area is 124 Å². The molecule has 1 rings (SSSR count). The maximum Gasteiger partial charge on any atom is 0.118 e. The molecule has 0 fully saturated rings. The minimum absolute atomic E-state index is 0.0586. The second kappa shape index (κ2) is 7.28. The quantitative estimate of drug-likeness (QED) is 0.787. The van der Waals surface area contributed by atoms with Crippen molar-refractivity contribution in [3.8, 4) is 0 Å². The number of hydrogen-bond acceptors (Lipinski definition) is 3. The molecule has 0 saturated carbocycles. The van der Waals surface area contributed by atoms with E-state index in [4.69, 9.17) is 10.2 Å². The topological polar surface area (TPSA) is 42.4 Å². The van der Waals surface area contributed by atoms with Crippen molar-refractivity contribution in [1.29, 1.82) is 0 Å². The molecule has 0 atom stereocenters. The molecule has 0 spiro atoms. The van der Waals surface area contributed by atoms with Crippen molar-refractivity contribution < 1.29 is 4.42 Å². The molecule has 0 aromatic carbocycles. The highest BCUT2D eigenvalue weighted by atomic mass is 16.3. The summed E-state index contributed by atoms with van der Waals surface area (Å²) in [6, 6.07) is 4.09. The van der Waals surface area contributed by atoms with Crippen molar-refractivity contribution in [3.05, 3.63) is 23.7 Å². The molecule has 0 aliphatic carbocycles. The summed E-state index contributed by atoms with van der Waals surface area (Å²) in [5, 5.41) is 0. The number of furan rings is 1. The highest BCUT2D eigenvalue weighted by Crippen LogP contribution is 2.31. The summed E-state index contributed by atoms with van der Waals surface area (Å²) in [6.45, 7) is 12.6. The van der Waals surface area contributed by atoms with Crippen LogP contribution in [0.1, 0.15) is 52.1 Å². The van der Waals surface area contributed by atoms with Crippen molar-refractivity contribution in [1.82, 2.24) is 4.90 Å². The summed E-state index contributed by atoms with van der Waals surface area (Å²) in [6.07, 6.45) is 2.25. The molecule has 20 heavy (non-hydrogen) atoms. The van der Waals surface area contributed by atoms with Crippen LogP contribution in [0.5, 0.6) is 0 Å². The normalized spacial score (nSPS) is 12.9. The summed E-state index contributed by atoms with van der Waals surface area (Å²) >= 11 is 0. The minimum Gasteiger partial charge on any atom is -0.465 e. The van der Waals surface area contributed by atoms with Crippen LogP contribution in [0.3, 0.4) is 0 Å². The van der Waals surface area contributed by atoms with E-state index in [-0.39, 0.29) is 5.54 Å². The average Bonchev–Trinajstić information content (AvgIpc) is 2.72. The van der Waals surface area contributed by atoms with E-state index < -0.39 is 0 Å². The molecule has 116 valence electrons. The van der Waals surface area contributed by atoms with E-state index >= 15 is 0 Å². The lowest BCUT2D eigenvalue weighted by Crippen LogP contribution is -2.53. The molecular formula is C17H32N2O. The Kier molecular flexibility index (Phi) is 6.28. The molecule has 1 aromatic heterocycles. The fourth-order valence-corrected chi connectivity index (χ4v) is 3.21. The number of nitrogens with zero attached hydrogens (tertiary/aromatic N) is 1. The smallest absolute Gasteiger partial charge is 0.118 e. The van der Waals surface area contributed by atoms with E-state index in [1.165, 1.54) is 0 Å². The fraction of sp³-hybridized carbons (Fsp3) is 0.765. The van der Waals surface area contributed by atoms with Crippen molar-refractivity contribution >= 4 is 0 Å². The first-order chi connectivity index (χ1) is 9.29. The largest absolute Gasteiger partial charge is 0.465 e. The van der Waals surface area contributed by atoms with Gasteiger partial charge in [-0.3, -0.25) is 4.90 Å². The molecule has 0 aliphatic rings. The predicted molar refractivity (Wildman–Crippen MR) is 85.6 cm³/mol. The lowest BCUT2D eigenvalue weighted by atomic mass is 9.80. The molecule has 3 nitrogen and oxygen atoms in total. The molecule has 3 heteroatoms. The first-order valence-electron chi connectivity index (χ1n) is 7.75. The first kappa shape index (κ1) is 17.3. The van der Waals surface area contributed by atoms with E-state index in [2.05, 4.69) is 45.7 Å². The Morgan fingerprint density at radius 1 is 1.15 bits per heavy atom. The number of nitrogens with two attached hydrogens (primary N) is 1. The monoisotopic (exact) mass is 280 g/mol. The molecule has 0 saturated heterocycles. The molecular weight excluding hydrogens is 248 g/mol. The SMILES string of the molecule is Cc1ccc(CN(C)C(CN)(CC(C)C)CC(C)C)o1. The number of aryl methyl sites for hydroxylation is 1. The van der Waals surface area contributed by atoms with Gasteiger partial charge in [-0.15, -0.1) is 0 Å². The van der Waals surface area contributed by atoms with Gasteiger partial charge in [-0.05, 0) is 50.8 Å². The Morgan fingerprint density at radius 2 is 1.70 bits per heavy atom. The Hall–Kier alpha value is -0.800. The van der Waals surface area contributed by atoms with Crippen LogP contribution in [0.2, 0.25) is 0 Å². The van der Waals surface area contributed by atoms with Crippen LogP contribution in [0.15, 0.2) is 16.5 Å². The van der Waals surface area contributed by atoms with Gasteiger partial charge in [-0.1, -0.05) is 27.7 Å². The Morgan fingerprint density at radius 3 is 2.05 bits per heavy atom. The third-order valence-electron chi connectivity index (χ3n) is 3.96. The zero-order valence-electron chi connectivity index (χ0n) is 14.1. The van der Waals surface area contributed by atoms with Gasteiger partial charge in [0.2, 0.25) is 0 Å². The molecule has 1 heterocycles. The van der Waals surface area contributed by atoms with Gasteiger partial charge in [0, 0.05) is 12.1 Å². The Balaban J connectivity index is 2.89. The second-order valence-corrected chi connectivity index (χ2v) is 6.99. The van der Waals surface area contributed by atoms with E-state index in [0.717, 1.165) is 30.9 Å². The molecule has 0 amide bonds. The van der Waals surface area contributed by atoms with Crippen molar-refractivity contribution in [2.24, 2.45) is 17.6 Å². The van der Waals surface area contributed by atoms with Crippen LogP contribution in [0.25, 0.3) is 0 Å². The maximum absolute atomic E-state index is 6.19. The average molecular weight is 280 g/mol. The lowest BCUT2D eigenvalue weighted by Gasteiger charge is -2.43. The van der Waals surface area contributed by atoms with Gasteiger partial charge in [-0.25, -0.2) is 0 Å². The highest BCUT2D eigenvalue weighted by Gasteiger charge is 2.35. The van der Waals surface area contributed by atoms with Gasteiger partial charge in [0.05, 0.1) is 6.54 Å². The molecule has 1 aromatic rings. The molecule has 0 unspecified atom stereocenters. The number of likely N-dealkylation sites (N-methyl/N-ethyl adjacent to an activating group) is 1. The van der Waals surface area contributed by atoms with Crippen molar-refractivity contribution in [2.45, 2.75) is 59.5 Å². The first-order valence-corrected chi connectivity index (χ1v) is 7.75. The summed E-state index contributed by atoms with van der Waals surface area (Å²) < 4.78 is 5.72. The van der Waals surface area contributed by atoms with Gasteiger partial charge >= 0.3 is 0 Å². The molecule has 2 N–H and O–H groups in total. The maximum atomic E-state index is 6.19. The van der Waals surface area contributed by atoms with E-state index in [0.29, 0.717) is 18.4 Å². The zero-order chi connectivity index (χ0) is 15.3. The summed E-state index contributed by atoms with van der Waals surface area (Å²) in [7, 11) is 2.18. The molecule has 0 radical (unpaired) electrons. The van der Waals surface area contributed by atoms with Gasteiger partial charge in [0.1, 0.15) is 11.5 Å². The highest BCUT2D eigenvalue weighted by molar-refractivity contribution is 5.06. The van der Waals surface area contributed by atoms with Crippen LogP contribution in [0, 0.1) is 18.8 Å². The zero-order valence-corrected chi connectivity index (χ0v) is 14.1. The number of hydrogen-bond donors (Lipinski definition) is 1. The van der Waals surface area contributed by atoms with Gasteiger partial charge in [0.15, 0.2) is 0 Å². The standard InChI is InChI=1S/C17H32N2O/c1-13(2)9-17(12-18,10-14(3)4)19(6)11-16-8-7-15(5)20-16/h7-8,13-14H,9-12,18H2,1-6H3. The van der Waals surface area contributed by atoms with Gasteiger partial charge in [0.25, 0.3) is 0 Å². The minimum atomic E-state index is 0.0586. The fourth-order valence-electron chi connectivity index (χ4n) is 3.21. The number of rotatable bonds is 8. The van der Waals surface area contributed by atoms with Crippen LogP contribution >= 0.6 is 0 Å². The third kappa shape index (κ3) is 4.64. The molecule has 0 aliphatic heterocycles. The van der Waals surface area contributed by atoms with Crippen molar-refractivity contribution in [2.75, 3.05) is 13.6 Å². The van der Waals surface area contributed by atoms with Crippen LogP contribution in [-0.4, -0.2) is 24.0 Å². The van der Waals surface area contributed by atoms with Crippen molar-refractivity contribution in [3.63, 3.8) is 0 Å². The van der Waals surface area contributed by atoms with E-state index in [1.54, 1.807) is 0 Å². The van der Waals surface area contributed by atoms with E-state index in [9.17, 15) is 0 Å². The Bertz CT molecular complexity index is 385. The lowest BCUT2D eigenvalue weighted by molar-refractivity contribution is 0.0652.